The maximum absolute atomic E-state index is 12.5. The van der Waals surface area contributed by atoms with Gasteiger partial charge in [0.15, 0.2) is 5.13 Å². The third-order valence-electron chi connectivity index (χ3n) is 3.99. The molecule has 4 rings (SSSR count). The Hall–Kier alpha value is -1.63. The molecule has 6 heteroatoms. The lowest BCUT2D eigenvalue weighted by Crippen LogP contribution is -2.24. The van der Waals surface area contributed by atoms with Gasteiger partial charge in [0, 0.05) is 25.6 Å². The first-order chi connectivity index (χ1) is 11.6. The second kappa shape index (κ2) is 6.35. The van der Waals surface area contributed by atoms with Gasteiger partial charge < -0.3 is 5.32 Å². The topological polar surface area (TPSA) is 42.0 Å². The van der Waals surface area contributed by atoms with Crippen LogP contribution in [-0.4, -0.2) is 16.1 Å². The lowest BCUT2D eigenvalue weighted by atomic mass is 10.1. The van der Waals surface area contributed by atoms with Crippen molar-refractivity contribution >= 4 is 45.5 Å². The number of amides is 1. The SMILES string of the molecule is Cc1cc(-c2csc(NC(=O)C3Cc4ccccc4S3)n2)c(C)s1. The summed E-state index contributed by atoms with van der Waals surface area (Å²) in [6, 6.07) is 10.4. The number of nitrogens with one attached hydrogen (secondary N) is 1. The number of carbonyl (C=O) groups excluding carboxylic acids is 1. The minimum absolute atomic E-state index is 0.0373. The molecule has 3 aromatic rings. The summed E-state index contributed by atoms with van der Waals surface area (Å²) in [7, 11) is 0. The molecule has 1 N–H and O–H groups in total. The molecule has 0 spiro atoms. The average molecular weight is 373 g/mol. The number of thioether (sulfide) groups is 1. The van der Waals surface area contributed by atoms with Crippen molar-refractivity contribution in [2.75, 3.05) is 5.32 Å². The fourth-order valence-corrected chi connectivity index (χ4v) is 5.70. The van der Waals surface area contributed by atoms with E-state index < -0.39 is 0 Å². The quantitative estimate of drug-likeness (QED) is 0.692. The van der Waals surface area contributed by atoms with E-state index in [1.165, 1.54) is 31.6 Å². The highest BCUT2D eigenvalue weighted by atomic mass is 32.2. The summed E-state index contributed by atoms with van der Waals surface area (Å²) >= 11 is 4.90. The smallest absolute Gasteiger partial charge is 0.239 e. The third-order valence-corrected chi connectivity index (χ3v) is 7.03. The van der Waals surface area contributed by atoms with Crippen LogP contribution < -0.4 is 5.32 Å². The highest BCUT2D eigenvalue weighted by Gasteiger charge is 2.28. The van der Waals surface area contributed by atoms with E-state index in [1.807, 2.05) is 17.5 Å². The van der Waals surface area contributed by atoms with Crippen LogP contribution in [0.3, 0.4) is 0 Å². The van der Waals surface area contributed by atoms with Crippen LogP contribution >= 0.6 is 34.4 Å². The monoisotopic (exact) mass is 372 g/mol. The maximum Gasteiger partial charge on any atom is 0.239 e. The fraction of sp³-hybridized carbons (Fsp3) is 0.222. The zero-order valence-electron chi connectivity index (χ0n) is 13.3. The Morgan fingerprint density at radius 1 is 1.29 bits per heavy atom. The number of aromatic nitrogens is 1. The van der Waals surface area contributed by atoms with Gasteiger partial charge in [0.1, 0.15) is 0 Å². The number of anilines is 1. The molecule has 3 nitrogen and oxygen atoms in total. The number of nitrogens with zero attached hydrogens (tertiary/aromatic N) is 1. The molecule has 0 radical (unpaired) electrons. The molecule has 1 aliphatic heterocycles. The van der Waals surface area contributed by atoms with Crippen LogP contribution in [0.2, 0.25) is 0 Å². The highest BCUT2D eigenvalue weighted by Crippen LogP contribution is 2.38. The van der Waals surface area contributed by atoms with Gasteiger partial charge in [-0.1, -0.05) is 18.2 Å². The molecule has 122 valence electrons. The lowest BCUT2D eigenvalue weighted by Gasteiger charge is -2.07. The van der Waals surface area contributed by atoms with E-state index in [0.29, 0.717) is 5.13 Å². The van der Waals surface area contributed by atoms with E-state index in [4.69, 9.17) is 0 Å². The first kappa shape index (κ1) is 15.9. The number of benzene rings is 1. The van der Waals surface area contributed by atoms with Crippen molar-refractivity contribution in [2.45, 2.75) is 30.4 Å². The van der Waals surface area contributed by atoms with E-state index in [9.17, 15) is 4.79 Å². The summed E-state index contributed by atoms with van der Waals surface area (Å²) in [5.41, 5.74) is 3.36. The molecule has 1 aromatic carbocycles. The Morgan fingerprint density at radius 2 is 2.12 bits per heavy atom. The van der Waals surface area contributed by atoms with Crippen LogP contribution in [-0.2, 0) is 11.2 Å². The predicted molar refractivity (Wildman–Crippen MR) is 103 cm³/mol. The van der Waals surface area contributed by atoms with Crippen molar-refractivity contribution in [2.24, 2.45) is 0 Å². The Kier molecular flexibility index (Phi) is 4.20. The van der Waals surface area contributed by atoms with Gasteiger partial charge in [0.05, 0.1) is 10.9 Å². The number of hydrogen-bond donors (Lipinski definition) is 1. The molecule has 1 atom stereocenters. The second-order valence-corrected chi connectivity index (χ2v) is 9.34. The maximum atomic E-state index is 12.5. The minimum atomic E-state index is -0.0696. The Bertz CT molecular complexity index is 888. The van der Waals surface area contributed by atoms with Crippen molar-refractivity contribution in [1.29, 1.82) is 0 Å². The van der Waals surface area contributed by atoms with Crippen molar-refractivity contribution in [3.05, 3.63) is 51.0 Å². The van der Waals surface area contributed by atoms with Gasteiger partial charge in [-0.2, -0.15) is 0 Å². The number of aryl methyl sites for hydroxylation is 2. The summed E-state index contributed by atoms with van der Waals surface area (Å²) in [5.74, 6) is 0.0373. The van der Waals surface area contributed by atoms with Crippen molar-refractivity contribution < 1.29 is 4.79 Å². The van der Waals surface area contributed by atoms with E-state index in [-0.39, 0.29) is 11.2 Å². The number of thiophene rings is 1. The van der Waals surface area contributed by atoms with Crippen LogP contribution in [0.5, 0.6) is 0 Å². The first-order valence-electron chi connectivity index (χ1n) is 7.68. The lowest BCUT2D eigenvalue weighted by molar-refractivity contribution is -0.115. The number of thiazole rings is 1. The van der Waals surface area contributed by atoms with Gasteiger partial charge in [-0.25, -0.2) is 4.98 Å². The van der Waals surface area contributed by atoms with Crippen molar-refractivity contribution in [3.63, 3.8) is 0 Å². The number of hydrogen-bond acceptors (Lipinski definition) is 5. The van der Waals surface area contributed by atoms with E-state index in [2.05, 4.69) is 42.3 Å². The first-order valence-corrected chi connectivity index (χ1v) is 10.3. The Morgan fingerprint density at radius 3 is 2.88 bits per heavy atom. The summed E-state index contributed by atoms with van der Waals surface area (Å²) < 4.78 is 0. The van der Waals surface area contributed by atoms with Crippen LogP contribution in [0.25, 0.3) is 11.3 Å². The second-order valence-electron chi connectivity index (χ2n) is 5.77. The van der Waals surface area contributed by atoms with Crippen molar-refractivity contribution in [1.82, 2.24) is 4.98 Å². The normalized spacial score (nSPS) is 16.2. The average Bonchev–Trinajstić information content (AvgIpc) is 3.25. The summed E-state index contributed by atoms with van der Waals surface area (Å²) in [6.07, 6.45) is 0.785. The number of rotatable bonds is 3. The largest absolute Gasteiger partial charge is 0.301 e. The zero-order valence-corrected chi connectivity index (χ0v) is 15.8. The molecule has 24 heavy (non-hydrogen) atoms. The van der Waals surface area contributed by atoms with Gasteiger partial charge >= 0.3 is 0 Å². The summed E-state index contributed by atoms with van der Waals surface area (Å²) in [6.45, 7) is 4.21. The van der Waals surface area contributed by atoms with E-state index in [1.54, 1.807) is 23.1 Å². The summed E-state index contributed by atoms with van der Waals surface area (Å²) in [5, 5.41) is 5.61. The van der Waals surface area contributed by atoms with Crippen LogP contribution in [0.1, 0.15) is 15.3 Å². The summed E-state index contributed by atoms with van der Waals surface area (Å²) in [4.78, 5) is 20.9. The predicted octanol–water partition coefficient (Wildman–Crippen LogP) is 5.14. The number of carbonyl (C=O) groups is 1. The molecule has 0 bridgehead atoms. The van der Waals surface area contributed by atoms with Gasteiger partial charge in [-0.05, 0) is 38.0 Å². The number of fused-ring (bicyclic) bond motifs is 1. The van der Waals surface area contributed by atoms with E-state index >= 15 is 0 Å². The zero-order chi connectivity index (χ0) is 16.7. The van der Waals surface area contributed by atoms with Gasteiger partial charge in [-0.3, -0.25) is 4.79 Å². The minimum Gasteiger partial charge on any atom is -0.301 e. The van der Waals surface area contributed by atoms with Crippen LogP contribution in [0, 0.1) is 13.8 Å². The standard InChI is InChI=1S/C18H16N2OS3/c1-10-7-13(11(2)23-10)14-9-22-18(19-14)20-17(21)16-8-12-5-3-4-6-15(12)24-16/h3-7,9,16H,8H2,1-2H3,(H,19,20,21). The Balaban J connectivity index is 1.47. The van der Waals surface area contributed by atoms with Crippen LogP contribution in [0.15, 0.2) is 40.6 Å². The molecule has 3 heterocycles. The molecule has 0 saturated heterocycles. The molecule has 1 amide bonds. The molecule has 0 saturated carbocycles. The molecule has 0 fully saturated rings. The molecular weight excluding hydrogens is 356 g/mol. The highest BCUT2D eigenvalue weighted by molar-refractivity contribution is 8.01. The molecule has 1 aliphatic rings. The molecule has 1 unspecified atom stereocenters. The fourth-order valence-electron chi connectivity index (χ4n) is 2.85. The van der Waals surface area contributed by atoms with E-state index in [0.717, 1.165) is 17.7 Å². The van der Waals surface area contributed by atoms with Gasteiger partial charge in [0.2, 0.25) is 5.91 Å². The van der Waals surface area contributed by atoms with Crippen LogP contribution in [0.4, 0.5) is 5.13 Å². The Labute approximate surface area is 153 Å². The van der Waals surface area contributed by atoms with Gasteiger partial charge in [-0.15, -0.1) is 34.4 Å². The molecular formula is C18H16N2OS3. The third kappa shape index (κ3) is 3.01. The van der Waals surface area contributed by atoms with Gasteiger partial charge in [0.25, 0.3) is 0 Å². The van der Waals surface area contributed by atoms with Crippen molar-refractivity contribution in [3.8, 4) is 11.3 Å². The molecule has 0 aliphatic carbocycles. The molecule has 2 aromatic heterocycles.